The lowest BCUT2D eigenvalue weighted by atomic mass is 10.1. The molecule has 8 heteroatoms. The van der Waals surface area contributed by atoms with E-state index >= 15 is 0 Å². The molecule has 140 valence electrons. The first kappa shape index (κ1) is 18.7. The summed E-state index contributed by atoms with van der Waals surface area (Å²) in [6, 6.07) is 14.2. The maximum absolute atomic E-state index is 12.4. The van der Waals surface area contributed by atoms with Gasteiger partial charge in [-0.05, 0) is 35.9 Å². The molecule has 0 spiro atoms. The van der Waals surface area contributed by atoms with E-state index in [9.17, 15) is 18.0 Å². The zero-order valence-electron chi connectivity index (χ0n) is 14.6. The van der Waals surface area contributed by atoms with Gasteiger partial charge in [0.1, 0.15) is 5.57 Å². The van der Waals surface area contributed by atoms with Gasteiger partial charge in [-0.2, -0.15) is 0 Å². The van der Waals surface area contributed by atoms with Crippen molar-refractivity contribution in [2.24, 2.45) is 0 Å². The molecule has 27 heavy (non-hydrogen) atoms. The van der Waals surface area contributed by atoms with Crippen molar-refractivity contribution >= 4 is 33.7 Å². The number of hydrogen-bond donors (Lipinski definition) is 1. The molecule has 0 unspecified atom stereocenters. The molecule has 2 aromatic rings. The van der Waals surface area contributed by atoms with Gasteiger partial charge in [-0.1, -0.05) is 30.3 Å². The normalized spacial score (nSPS) is 16.3. The Hall–Kier alpha value is -3.13. The largest absolute Gasteiger partial charge is 0.419 e. The number of anilines is 1. The van der Waals surface area contributed by atoms with Crippen molar-refractivity contribution in [2.75, 3.05) is 4.72 Å². The van der Waals surface area contributed by atoms with Crippen LogP contribution in [0.2, 0.25) is 0 Å². The molecule has 0 atom stereocenters. The molecule has 0 bridgehead atoms. The first-order valence-electron chi connectivity index (χ1n) is 8.03. The minimum absolute atomic E-state index is 0.121. The highest BCUT2D eigenvalue weighted by Gasteiger charge is 2.38. The Morgan fingerprint density at radius 1 is 0.926 bits per heavy atom. The molecule has 1 N–H and O–H groups in total. The molecule has 1 heterocycles. The molecule has 3 rings (SSSR count). The lowest BCUT2D eigenvalue weighted by Gasteiger charge is -2.29. The fourth-order valence-electron chi connectivity index (χ4n) is 2.45. The monoisotopic (exact) mass is 387 g/mol. The minimum Gasteiger partial charge on any atom is -0.419 e. The summed E-state index contributed by atoms with van der Waals surface area (Å²) in [4.78, 5) is 24.2. The number of rotatable bonds is 4. The number of hydrogen-bond acceptors (Lipinski definition) is 6. The third kappa shape index (κ3) is 4.35. The zero-order valence-corrected chi connectivity index (χ0v) is 15.4. The third-order valence-corrected chi connectivity index (χ3v) is 5.02. The van der Waals surface area contributed by atoms with Gasteiger partial charge in [-0.3, -0.25) is 4.72 Å². The second kappa shape index (κ2) is 6.88. The van der Waals surface area contributed by atoms with Gasteiger partial charge in [-0.25, -0.2) is 18.0 Å². The number of benzene rings is 2. The summed E-state index contributed by atoms with van der Waals surface area (Å²) >= 11 is 0. The summed E-state index contributed by atoms with van der Waals surface area (Å²) in [7, 11) is -3.75. The van der Waals surface area contributed by atoms with Crippen molar-refractivity contribution < 1.29 is 27.5 Å². The highest BCUT2D eigenvalue weighted by atomic mass is 32.2. The van der Waals surface area contributed by atoms with Crippen LogP contribution in [0.15, 0.2) is 65.1 Å². The van der Waals surface area contributed by atoms with Gasteiger partial charge in [0.2, 0.25) is 0 Å². The Bertz CT molecular complexity index is 1000. The zero-order chi connectivity index (χ0) is 19.7. The van der Waals surface area contributed by atoms with Gasteiger partial charge >= 0.3 is 11.9 Å². The molecular formula is C19H17NO6S. The summed E-state index contributed by atoms with van der Waals surface area (Å²) in [5.41, 5.74) is 0.454. The standard InChI is InChI=1S/C19H17NO6S/c1-19(2)25-17(21)16(18(22)26-19)12-13-7-6-8-14(11-13)20-27(23,24)15-9-4-3-5-10-15/h3-12,20H,1-2H3. The van der Waals surface area contributed by atoms with E-state index in [1.165, 1.54) is 38.1 Å². The summed E-state index contributed by atoms with van der Waals surface area (Å²) in [6.07, 6.45) is 1.29. The van der Waals surface area contributed by atoms with E-state index in [4.69, 9.17) is 9.47 Å². The first-order chi connectivity index (χ1) is 12.7. The Labute approximate surface area is 156 Å². The van der Waals surface area contributed by atoms with Crippen LogP contribution in [0.5, 0.6) is 0 Å². The maximum atomic E-state index is 12.4. The Balaban J connectivity index is 1.86. The fraction of sp³-hybridized carbons (Fsp3) is 0.158. The smallest absolute Gasteiger partial charge is 0.348 e. The van der Waals surface area contributed by atoms with Crippen molar-refractivity contribution in [2.45, 2.75) is 24.5 Å². The van der Waals surface area contributed by atoms with Gasteiger partial charge in [0.15, 0.2) is 0 Å². The maximum Gasteiger partial charge on any atom is 0.348 e. The molecule has 1 saturated heterocycles. The summed E-state index contributed by atoms with van der Waals surface area (Å²) < 4.78 is 37.3. The van der Waals surface area contributed by atoms with Crippen molar-refractivity contribution in [1.29, 1.82) is 0 Å². The Morgan fingerprint density at radius 2 is 1.56 bits per heavy atom. The highest BCUT2D eigenvalue weighted by Crippen LogP contribution is 2.25. The quantitative estimate of drug-likeness (QED) is 0.492. The van der Waals surface area contributed by atoms with Crippen molar-refractivity contribution in [3.8, 4) is 0 Å². The SMILES string of the molecule is CC1(C)OC(=O)C(=Cc2cccc(NS(=O)(=O)c3ccccc3)c2)C(=O)O1. The van der Waals surface area contributed by atoms with Crippen LogP contribution in [0.3, 0.4) is 0 Å². The summed E-state index contributed by atoms with van der Waals surface area (Å²) in [5, 5.41) is 0. The second-order valence-corrected chi connectivity index (χ2v) is 7.96. The van der Waals surface area contributed by atoms with Crippen molar-refractivity contribution in [1.82, 2.24) is 0 Å². The molecule has 2 aromatic carbocycles. The lowest BCUT2D eigenvalue weighted by Crippen LogP contribution is -2.41. The number of nitrogens with one attached hydrogen (secondary N) is 1. The van der Waals surface area contributed by atoms with Gasteiger partial charge in [0.25, 0.3) is 15.8 Å². The third-order valence-electron chi connectivity index (χ3n) is 3.62. The average molecular weight is 387 g/mol. The number of cyclic esters (lactones) is 2. The predicted octanol–water partition coefficient (Wildman–Crippen LogP) is 2.71. The van der Waals surface area contributed by atoms with Gasteiger partial charge in [-0.15, -0.1) is 0 Å². The van der Waals surface area contributed by atoms with E-state index in [1.807, 2.05) is 0 Å². The molecule has 1 aliphatic rings. The van der Waals surface area contributed by atoms with E-state index < -0.39 is 27.7 Å². The number of carbonyl (C=O) groups is 2. The molecule has 0 amide bonds. The van der Waals surface area contributed by atoms with E-state index in [0.717, 1.165) is 0 Å². The van der Waals surface area contributed by atoms with Gasteiger partial charge in [0.05, 0.1) is 4.90 Å². The topological polar surface area (TPSA) is 98.8 Å². The van der Waals surface area contributed by atoms with Crippen LogP contribution in [-0.2, 0) is 29.1 Å². The molecule has 7 nitrogen and oxygen atoms in total. The molecular weight excluding hydrogens is 370 g/mol. The molecule has 0 radical (unpaired) electrons. The number of carbonyl (C=O) groups excluding carboxylic acids is 2. The van der Waals surface area contributed by atoms with Crippen molar-refractivity contribution in [3.05, 3.63) is 65.7 Å². The predicted molar refractivity (Wildman–Crippen MR) is 97.9 cm³/mol. The van der Waals surface area contributed by atoms with Crippen LogP contribution in [-0.4, -0.2) is 26.1 Å². The van der Waals surface area contributed by atoms with E-state index in [1.54, 1.807) is 36.4 Å². The fourth-order valence-corrected chi connectivity index (χ4v) is 3.52. The minimum atomic E-state index is -3.75. The average Bonchev–Trinajstić information content (AvgIpc) is 2.58. The van der Waals surface area contributed by atoms with Crippen LogP contribution in [0.4, 0.5) is 5.69 Å². The highest BCUT2D eigenvalue weighted by molar-refractivity contribution is 7.92. The van der Waals surface area contributed by atoms with Crippen LogP contribution in [0.25, 0.3) is 6.08 Å². The van der Waals surface area contributed by atoms with Gasteiger partial charge in [0, 0.05) is 19.5 Å². The molecule has 0 aromatic heterocycles. The van der Waals surface area contributed by atoms with Gasteiger partial charge < -0.3 is 9.47 Å². The van der Waals surface area contributed by atoms with Crippen LogP contribution in [0.1, 0.15) is 19.4 Å². The molecule has 0 saturated carbocycles. The lowest BCUT2D eigenvalue weighted by molar-refractivity contribution is -0.222. The molecule has 1 fully saturated rings. The molecule has 1 aliphatic heterocycles. The van der Waals surface area contributed by atoms with Crippen LogP contribution < -0.4 is 4.72 Å². The van der Waals surface area contributed by atoms with Crippen LogP contribution in [0, 0.1) is 0 Å². The summed E-state index contributed by atoms with van der Waals surface area (Å²) in [5.74, 6) is -2.92. The number of sulfonamides is 1. The number of ether oxygens (including phenoxy) is 2. The van der Waals surface area contributed by atoms with E-state index in [-0.39, 0.29) is 16.2 Å². The first-order valence-corrected chi connectivity index (χ1v) is 9.51. The van der Waals surface area contributed by atoms with Crippen LogP contribution >= 0.6 is 0 Å². The summed E-state index contributed by atoms with van der Waals surface area (Å²) in [6.45, 7) is 2.91. The van der Waals surface area contributed by atoms with E-state index in [0.29, 0.717) is 5.56 Å². The Kier molecular flexibility index (Phi) is 4.75. The number of esters is 2. The van der Waals surface area contributed by atoms with E-state index in [2.05, 4.69) is 4.72 Å². The Morgan fingerprint density at radius 3 is 2.19 bits per heavy atom. The molecule has 0 aliphatic carbocycles. The second-order valence-electron chi connectivity index (χ2n) is 6.28. The van der Waals surface area contributed by atoms with Crippen molar-refractivity contribution in [3.63, 3.8) is 0 Å².